The van der Waals surface area contributed by atoms with Gasteiger partial charge < -0.3 is 29.5 Å². The molecule has 2 saturated heterocycles. The molecule has 4 heterocycles. The second kappa shape index (κ2) is 13.6. The fourth-order valence-corrected chi connectivity index (χ4v) is 6.87. The fourth-order valence-electron chi connectivity index (χ4n) is 6.87. The summed E-state index contributed by atoms with van der Waals surface area (Å²) in [7, 11) is 0. The first-order valence-electron chi connectivity index (χ1n) is 16.3. The SMILES string of the molecule is N#CC[C@H]1CN(c2nc(OC[C@@H]3CC(F)(F)CN3)nc3c2CCN(c2cccc4ccccc24)C3)CCN1C(=O)OCc1ccccc1. The molecule has 3 aliphatic rings. The topological polar surface area (TPSA) is 107 Å². The van der Waals surface area contributed by atoms with Crippen LogP contribution >= 0.6 is 0 Å². The number of ether oxygens (including phenoxy) is 2. The molecule has 3 aliphatic heterocycles. The summed E-state index contributed by atoms with van der Waals surface area (Å²) in [5.41, 5.74) is 3.78. The molecular formula is C36H37F2N7O3. The van der Waals surface area contributed by atoms with Crippen molar-refractivity contribution in [3.8, 4) is 12.1 Å². The molecule has 248 valence electrons. The molecule has 0 bridgehead atoms. The number of amides is 1. The Labute approximate surface area is 277 Å². The van der Waals surface area contributed by atoms with E-state index < -0.39 is 24.1 Å². The number of nitrogens with zero attached hydrogens (tertiary/aromatic N) is 6. The average Bonchev–Trinajstić information content (AvgIpc) is 3.47. The predicted molar refractivity (Wildman–Crippen MR) is 177 cm³/mol. The van der Waals surface area contributed by atoms with Crippen LogP contribution in [0.25, 0.3) is 10.8 Å². The molecule has 2 fully saturated rings. The molecule has 12 heteroatoms. The number of rotatable bonds is 8. The van der Waals surface area contributed by atoms with Gasteiger partial charge in [0, 0.05) is 55.3 Å². The quantitative estimate of drug-likeness (QED) is 0.271. The molecule has 4 aromatic rings. The summed E-state index contributed by atoms with van der Waals surface area (Å²) < 4.78 is 39.4. The van der Waals surface area contributed by atoms with Crippen molar-refractivity contribution in [1.82, 2.24) is 20.2 Å². The van der Waals surface area contributed by atoms with Crippen molar-refractivity contribution < 1.29 is 23.0 Å². The van der Waals surface area contributed by atoms with Crippen molar-refractivity contribution >= 4 is 28.4 Å². The zero-order valence-corrected chi connectivity index (χ0v) is 26.5. The van der Waals surface area contributed by atoms with Crippen molar-refractivity contribution in [2.75, 3.05) is 49.1 Å². The highest BCUT2D eigenvalue weighted by molar-refractivity contribution is 5.94. The van der Waals surface area contributed by atoms with Gasteiger partial charge >= 0.3 is 12.1 Å². The Balaban J connectivity index is 1.14. The molecule has 0 unspecified atom stereocenters. The number of nitriles is 1. The van der Waals surface area contributed by atoms with E-state index in [1.54, 1.807) is 4.90 Å². The minimum Gasteiger partial charge on any atom is -0.462 e. The van der Waals surface area contributed by atoms with Gasteiger partial charge in [0.05, 0.1) is 37.3 Å². The zero-order chi connectivity index (χ0) is 33.1. The van der Waals surface area contributed by atoms with Gasteiger partial charge in [-0.1, -0.05) is 66.7 Å². The van der Waals surface area contributed by atoms with Crippen LogP contribution in [0.1, 0.15) is 29.7 Å². The van der Waals surface area contributed by atoms with Gasteiger partial charge in [-0.05, 0) is 23.4 Å². The van der Waals surface area contributed by atoms with Gasteiger partial charge in [-0.2, -0.15) is 15.2 Å². The maximum Gasteiger partial charge on any atom is 0.410 e. The number of nitrogens with one attached hydrogen (secondary N) is 1. The third-order valence-electron chi connectivity index (χ3n) is 9.29. The highest BCUT2D eigenvalue weighted by Crippen LogP contribution is 2.35. The van der Waals surface area contributed by atoms with Gasteiger partial charge in [0.25, 0.3) is 5.92 Å². The number of halogens is 2. The van der Waals surface area contributed by atoms with Crippen LogP contribution < -0.4 is 19.9 Å². The first kappa shape index (κ1) is 31.6. The Hall–Kier alpha value is -5.02. The molecule has 2 atom stereocenters. The highest BCUT2D eigenvalue weighted by atomic mass is 19.3. The predicted octanol–water partition coefficient (Wildman–Crippen LogP) is 5.31. The number of carbonyl (C=O) groups is 1. The van der Waals surface area contributed by atoms with E-state index in [0.29, 0.717) is 38.4 Å². The van der Waals surface area contributed by atoms with Crippen molar-refractivity contribution in [1.29, 1.82) is 5.26 Å². The van der Waals surface area contributed by atoms with Gasteiger partial charge in [-0.15, -0.1) is 0 Å². The van der Waals surface area contributed by atoms with Gasteiger partial charge in [-0.3, -0.25) is 0 Å². The number of carbonyl (C=O) groups excluding carboxylic acids is 1. The highest BCUT2D eigenvalue weighted by Gasteiger charge is 2.40. The van der Waals surface area contributed by atoms with Crippen LogP contribution in [0.15, 0.2) is 72.8 Å². The number of benzene rings is 3. The normalized spacial score (nSPS) is 20.3. The second-order valence-electron chi connectivity index (χ2n) is 12.6. The van der Waals surface area contributed by atoms with Gasteiger partial charge in [-0.25, -0.2) is 13.6 Å². The van der Waals surface area contributed by atoms with Gasteiger partial charge in [0.15, 0.2) is 0 Å². The minimum absolute atomic E-state index is 0.0128. The van der Waals surface area contributed by atoms with Crippen LogP contribution in [-0.2, 0) is 24.3 Å². The summed E-state index contributed by atoms with van der Waals surface area (Å²) in [6, 6.07) is 25.4. The molecule has 7 rings (SSSR count). The lowest BCUT2D eigenvalue weighted by molar-refractivity contribution is 0.0194. The number of aromatic nitrogens is 2. The number of alkyl halides is 2. The molecule has 0 spiro atoms. The molecule has 1 aromatic heterocycles. The van der Waals surface area contributed by atoms with E-state index in [9.17, 15) is 18.8 Å². The minimum atomic E-state index is -2.77. The molecule has 3 aromatic carbocycles. The van der Waals surface area contributed by atoms with E-state index in [-0.39, 0.29) is 38.6 Å². The summed E-state index contributed by atoms with van der Waals surface area (Å²) in [4.78, 5) is 28.8. The summed E-state index contributed by atoms with van der Waals surface area (Å²) in [6.07, 6.45) is 0.0355. The van der Waals surface area contributed by atoms with Gasteiger partial charge in [0.1, 0.15) is 19.0 Å². The molecule has 0 saturated carbocycles. The Morgan fingerprint density at radius 3 is 2.62 bits per heavy atom. The number of hydrogen-bond acceptors (Lipinski definition) is 9. The van der Waals surface area contributed by atoms with Crippen molar-refractivity contribution in [3.63, 3.8) is 0 Å². The number of fused-ring (bicyclic) bond motifs is 2. The smallest absolute Gasteiger partial charge is 0.410 e. The molecule has 10 nitrogen and oxygen atoms in total. The number of hydrogen-bond donors (Lipinski definition) is 1. The van der Waals surface area contributed by atoms with E-state index >= 15 is 0 Å². The summed E-state index contributed by atoms with van der Waals surface area (Å²) in [5, 5.41) is 14.8. The van der Waals surface area contributed by atoms with E-state index in [0.717, 1.165) is 39.8 Å². The molecule has 0 aliphatic carbocycles. The average molecular weight is 654 g/mol. The molecule has 0 radical (unpaired) electrons. The second-order valence-corrected chi connectivity index (χ2v) is 12.6. The molecular weight excluding hydrogens is 616 g/mol. The Kier molecular flexibility index (Phi) is 8.95. The molecule has 1 amide bonds. The van der Waals surface area contributed by atoms with E-state index in [1.165, 1.54) is 0 Å². The monoisotopic (exact) mass is 653 g/mol. The third-order valence-corrected chi connectivity index (χ3v) is 9.29. The van der Waals surface area contributed by atoms with E-state index in [1.807, 2.05) is 42.5 Å². The first-order valence-corrected chi connectivity index (χ1v) is 16.3. The molecule has 1 N–H and O–H groups in total. The first-order chi connectivity index (χ1) is 23.4. The van der Waals surface area contributed by atoms with Crippen LogP contribution in [0.5, 0.6) is 6.01 Å². The fraction of sp³-hybridized carbons (Fsp3) is 0.389. The summed E-state index contributed by atoms with van der Waals surface area (Å²) in [6.45, 7) is 2.23. The van der Waals surface area contributed by atoms with Crippen LogP contribution in [-0.4, -0.2) is 78.3 Å². The maximum absolute atomic E-state index is 13.9. The summed E-state index contributed by atoms with van der Waals surface area (Å²) in [5.74, 6) is -2.08. The lowest BCUT2D eigenvalue weighted by atomic mass is 10.0. The van der Waals surface area contributed by atoms with Crippen LogP contribution in [0.2, 0.25) is 0 Å². The van der Waals surface area contributed by atoms with E-state index in [2.05, 4.69) is 51.5 Å². The van der Waals surface area contributed by atoms with Crippen molar-refractivity contribution in [2.24, 2.45) is 0 Å². The number of anilines is 2. The van der Waals surface area contributed by atoms with Crippen molar-refractivity contribution in [2.45, 2.75) is 50.4 Å². The van der Waals surface area contributed by atoms with Crippen molar-refractivity contribution in [3.05, 3.63) is 89.6 Å². The molecule has 48 heavy (non-hydrogen) atoms. The Morgan fingerprint density at radius 1 is 1.00 bits per heavy atom. The van der Waals surface area contributed by atoms with E-state index in [4.69, 9.17) is 19.4 Å². The lowest BCUT2D eigenvalue weighted by Crippen LogP contribution is -2.55. The van der Waals surface area contributed by atoms with Crippen LogP contribution in [0, 0.1) is 11.3 Å². The standard InChI is InChI=1S/C36H37F2N7O3/c37-36(38)19-27(40-24-36)23-47-34-41-31-21-43(32-12-6-10-26-9-4-5-11-29(26)32)16-14-30(31)33(42-34)44-17-18-45(28(20-44)13-15-39)35(46)48-22-25-7-2-1-3-8-25/h1-12,27-28,40H,13-14,16-24H2/t27-,28-/m0/s1. The van der Waals surface area contributed by atoms with Crippen LogP contribution in [0.4, 0.5) is 25.1 Å². The van der Waals surface area contributed by atoms with Gasteiger partial charge in [0.2, 0.25) is 0 Å². The third kappa shape index (κ3) is 6.82. The number of piperazine rings is 1. The Morgan fingerprint density at radius 2 is 1.81 bits per heavy atom. The largest absolute Gasteiger partial charge is 0.462 e. The lowest BCUT2D eigenvalue weighted by Gasteiger charge is -2.42. The Bertz CT molecular complexity index is 1810. The van der Waals surface area contributed by atoms with Crippen LogP contribution in [0.3, 0.4) is 0 Å². The maximum atomic E-state index is 13.9. The zero-order valence-electron chi connectivity index (χ0n) is 26.5. The summed E-state index contributed by atoms with van der Waals surface area (Å²) >= 11 is 0.